The summed E-state index contributed by atoms with van der Waals surface area (Å²) in [6.07, 6.45) is 3.06. The van der Waals surface area contributed by atoms with Crippen LogP contribution in [0, 0.1) is 5.82 Å². The van der Waals surface area contributed by atoms with Crippen molar-refractivity contribution in [2.75, 3.05) is 6.54 Å². The maximum absolute atomic E-state index is 13.4. The van der Waals surface area contributed by atoms with Crippen LogP contribution in [0.3, 0.4) is 0 Å². The molecule has 0 saturated heterocycles. The highest BCUT2D eigenvalue weighted by Crippen LogP contribution is 2.28. The molecule has 1 aromatic carbocycles. The molecule has 4 heteroatoms. The Morgan fingerprint density at radius 1 is 1.24 bits per heavy atom. The second-order valence-corrected chi connectivity index (χ2v) is 7.17. The molecule has 114 valence electrons. The van der Waals surface area contributed by atoms with Gasteiger partial charge < -0.3 is 5.32 Å². The van der Waals surface area contributed by atoms with Gasteiger partial charge in [-0.3, -0.25) is 0 Å². The van der Waals surface area contributed by atoms with Gasteiger partial charge in [0.2, 0.25) is 0 Å². The first-order valence-electron chi connectivity index (χ1n) is 7.40. The topological polar surface area (TPSA) is 12.0 Å². The molecule has 1 unspecified atom stereocenters. The first-order chi connectivity index (χ1) is 10.1. The Balaban J connectivity index is 2.17. The number of halogens is 2. The molecule has 1 aromatic heterocycles. The monoisotopic (exact) mass is 369 g/mol. The van der Waals surface area contributed by atoms with Crippen LogP contribution in [0.15, 0.2) is 34.8 Å². The average molecular weight is 370 g/mol. The summed E-state index contributed by atoms with van der Waals surface area (Å²) in [4.78, 5) is 2.77. The van der Waals surface area contributed by atoms with Gasteiger partial charge in [-0.1, -0.05) is 19.9 Å². The Kier molecular flexibility index (Phi) is 6.40. The molecule has 0 radical (unpaired) electrons. The lowest BCUT2D eigenvalue weighted by Crippen LogP contribution is -2.23. The molecule has 0 bridgehead atoms. The van der Waals surface area contributed by atoms with Gasteiger partial charge in [-0.15, -0.1) is 11.3 Å². The lowest BCUT2D eigenvalue weighted by molar-refractivity contribution is 0.535. The highest BCUT2D eigenvalue weighted by molar-refractivity contribution is 9.10. The van der Waals surface area contributed by atoms with Crippen LogP contribution in [0.5, 0.6) is 0 Å². The van der Waals surface area contributed by atoms with Crippen molar-refractivity contribution in [3.8, 4) is 0 Å². The fraction of sp³-hybridized carbons (Fsp3) is 0.412. The normalized spacial score (nSPS) is 12.6. The molecular weight excluding hydrogens is 349 g/mol. The van der Waals surface area contributed by atoms with Crippen molar-refractivity contribution < 1.29 is 4.39 Å². The quantitative estimate of drug-likeness (QED) is 0.679. The van der Waals surface area contributed by atoms with Crippen LogP contribution < -0.4 is 5.32 Å². The number of hydrogen-bond acceptors (Lipinski definition) is 2. The number of benzene rings is 1. The summed E-state index contributed by atoms with van der Waals surface area (Å²) >= 11 is 5.14. The summed E-state index contributed by atoms with van der Waals surface area (Å²) in [7, 11) is 0. The zero-order chi connectivity index (χ0) is 15.2. The zero-order valence-corrected chi connectivity index (χ0v) is 14.9. The van der Waals surface area contributed by atoms with Crippen LogP contribution in [0.4, 0.5) is 4.39 Å². The van der Waals surface area contributed by atoms with E-state index >= 15 is 0 Å². The molecule has 0 spiro atoms. The average Bonchev–Trinajstić information content (AvgIpc) is 2.96. The largest absolute Gasteiger partial charge is 0.309 e. The van der Waals surface area contributed by atoms with Gasteiger partial charge in [0.15, 0.2) is 0 Å². The van der Waals surface area contributed by atoms with Gasteiger partial charge in [0.1, 0.15) is 5.82 Å². The first kappa shape index (κ1) is 16.7. The van der Waals surface area contributed by atoms with Gasteiger partial charge in [-0.25, -0.2) is 4.39 Å². The van der Waals surface area contributed by atoms with Crippen LogP contribution in [0.25, 0.3) is 0 Å². The second kappa shape index (κ2) is 8.06. The highest BCUT2D eigenvalue weighted by Gasteiger charge is 2.14. The van der Waals surface area contributed by atoms with E-state index in [1.807, 2.05) is 23.5 Å². The SMILES string of the molecule is CCCNC(Cc1ccc(F)c(Br)c1)c1ccc(CC)s1. The maximum Gasteiger partial charge on any atom is 0.137 e. The van der Waals surface area contributed by atoms with Crippen LogP contribution >= 0.6 is 27.3 Å². The molecule has 0 fully saturated rings. The van der Waals surface area contributed by atoms with E-state index in [1.54, 1.807) is 0 Å². The molecule has 2 aromatic rings. The molecule has 0 saturated carbocycles. The summed E-state index contributed by atoms with van der Waals surface area (Å²) in [5.74, 6) is -0.207. The number of thiophene rings is 1. The van der Waals surface area contributed by atoms with Crippen LogP contribution in [0.1, 0.15) is 41.6 Å². The van der Waals surface area contributed by atoms with E-state index in [-0.39, 0.29) is 5.82 Å². The molecule has 1 nitrogen and oxygen atoms in total. The maximum atomic E-state index is 13.4. The van der Waals surface area contributed by atoms with E-state index in [0.29, 0.717) is 10.5 Å². The Labute approximate surface area is 138 Å². The summed E-state index contributed by atoms with van der Waals surface area (Å²) in [6, 6.07) is 10.0. The van der Waals surface area contributed by atoms with E-state index in [0.717, 1.165) is 31.4 Å². The molecule has 0 aliphatic rings. The minimum absolute atomic E-state index is 0.207. The molecular formula is C17H21BrFNS. The van der Waals surface area contributed by atoms with Gasteiger partial charge in [0.25, 0.3) is 0 Å². The third kappa shape index (κ3) is 4.63. The van der Waals surface area contributed by atoms with Crippen molar-refractivity contribution in [3.63, 3.8) is 0 Å². The zero-order valence-electron chi connectivity index (χ0n) is 12.5. The smallest absolute Gasteiger partial charge is 0.137 e. The third-order valence-corrected chi connectivity index (χ3v) is 5.39. The minimum atomic E-state index is -0.207. The van der Waals surface area contributed by atoms with Crippen molar-refractivity contribution >= 4 is 27.3 Å². The number of aryl methyl sites for hydroxylation is 1. The van der Waals surface area contributed by atoms with E-state index in [1.165, 1.54) is 15.8 Å². The Morgan fingerprint density at radius 2 is 2.05 bits per heavy atom. The second-order valence-electron chi connectivity index (χ2n) is 5.12. The summed E-state index contributed by atoms with van der Waals surface area (Å²) in [5, 5.41) is 3.61. The van der Waals surface area contributed by atoms with Gasteiger partial charge >= 0.3 is 0 Å². The van der Waals surface area contributed by atoms with Crippen molar-refractivity contribution in [1.29, 1.82) is 0 Å². The number of rotatable bonds is 7. The molecule has 1 atom stereocenters. The van der Waals surface area contributed by atoms with Crippen molar-refractivity contribution in [3.05, 3.63) is 55.9 Å². The molecule has 2 rings (SSSR count). The van der Waals surface area contributed by atoms with Gasteiger partial charge in [-0.2, -0.15) is 0 Å². The molecule has 0 aliphatic carbocycles. The minimum Gasteiger partial charge on any atom is -0.309 e. The van der Waals surface area contributed by atoms with Gasteiger partial charge in [0.05, 0.1) is 4.47 Å². The van der Waals surface area contributed by atoms with Crippen molar-refractivity contribution in [1.82, 2.24) is 5.32 Å². The first-order valence-corrected chi connectivity index (χ1v) is 9.00. The molecule has 21 heavy (non-hydrogen) atoms. The standard InChI is InChI=1S/C17H21BrFNS/c1-3-9-20-16(17-8-6-13(4-2)21-17)11-12-5-7-15(19)14(18)10-12/h5-8,10,16,20H,3-4,9,11H2,1-2H3. The fourth-order valence-electron chi connectivity index (χ4n) is 2.27. The number of nitrogens with one attached hydrogen (secondary N) is 1. The molecule has 0 aliphatic heterocycles. The van der Waals surface area contributed by atoms with E-state index in [9.17, 15) is 4.39 Å². The lowest BCUT2D eigenvalue weighted by Gasteiger charge is -2.17. The van der Waals surface area contributed by atoms with Crippen LogP contribution in [-0.2, 0) is 12.8 Å². The predicted octanol–water partition coefficient (Wildman–Crippen LogP) is 5.50. The lowest BCUT2D eigenvalue weighted by atomic mass is 10.0. The summed E-state index contributed by atoms with van der Waals surface area (Å²) in [5.41, 5.74) is 1.14. The van der Waals surface area contributed by atoms with Crippen LogP contribution in [0.2, 0.25) is 0 Å². The number of hydrogen-bond donors (Lipinski definition) is 1. The van der Waals surface area contributed by atoms with E-state index in [2.05, 4.69) is 47.2 Å². The van der Waals surface area contributed by atoms with Gasteiger partial charge in [0, 0.05) is 15.8 Å². The Bertz CT molecular complexity index is 582. The summed E-state index contributed by atoms with van der Waals surface area (Å²) < 4.78 is 13.9. The van der Waals surface area contributed by atoms with Crippen molar-refractivity contribution in [2.45, 2.75) is 39.2 Å². The Hall–Kier alpha value is -0.710. The van der Waals surface area contributed by atoms with Crippen molar-refractivity contribution in [2.24, 2.45) is 0 Å². The van der Waals surface area contributed by atoms with Gasteiger partial charge in [-0.05, 0) is 71.6 Å². The summed E-state index contributed by atoms with van der Waals surface area (Å²) in [6.45, 7) is 5.35. The Morgan fingerprint density at radius 3 is 2.67 bits per heavy atom. The molecule has 1 N–H and O–H groups in total. The fourth-order valence-corrected chi connectivity index (χ4v) is 3.72. The molecule has 1 heterocycles. The predicted molar refractivity (Wildman–Crippen MR) is 92.5 cm³/mol. The van der Waals surface area contributed by atoms with E-state index in [4.69, 9.17) is 0 Å². The highest BCUT2D eigenvalue weighted by atomic mass is 79.9. The third-order valence-electron chi connectivity index (χ3n) is 3.44. The molecule has 0 amide bonds. The van der Waals surface area contributed by atoms with E-state index < -0.39 is 0 Å². The van der Waals surface area contributed by atoms with Crippen LogP contribution in [-0.4, -0.2) is 6.54 Å².